The summed E-state index contributed by atoms with van der Waals surface area (Å²) in [6, 6.07) is 0. The summed E-state index contributed by atoms with van der Waals surface area (Å²) in [7, 11) is 0. The predicted octanol–water partition coefficient (Wildman–Crippen LogP) is 3.43. The van der Waals surface area contributed by atoms with Gasteiger partial charge in [0, 0.05) is 35.0 Å². The maximum Gasteiger partial charge on any atom is 0.246 e. The van der Waals surface area contributed by atoms with Gasteiger partial charge in [-0.3, -0.25) is 4.79 Å². The molecule has 0 saturated carbocycles. The number of hydrogen-bond acceptors (Lipinski definition) is 6. The Hall–Kier alpha value is -2.74. The van der Waals surface area contributed by atoms with E-state index in [1.54, 1.807) is 41.8 Å². The minimum Gasteiger partial charge on any atom is -0.441 e. The molecule has 1 amide bonds. The maximum atomic E-state index is 11.9. The second kappa shape index (κ2) is 7.02. The third-order valence-electron chi connectivity index (χ3n) is 3.31. The van der Waals surface area contributed by atoms with Crippen LogP contribution in [0.25, 0.3) is 12.2 Å². The van der Waals surface area contributed by atoms with Crippen molar-refractivity contribution in [3.63, 3.8) is 0 Å². The quantitative estimate of drug-likeness (QED) is 0.756. The van der Waals surface area contributed by atoms with Gasteiger partial charge in [0.05, 0.1) is 12.5 Å². The molecule has 3 rings (SSSR count). The zero-order chi connectivity index (χ0) is 17.9. The van der Waals surface area contributed by atoms with Crippen LogP contribution >= 0.6 is 11.3 Å². The molecule has 25 heavy (non-hydrogen) atoms. The average molecular weight is 357 g/mol. The smallest absolute Gasteiger partial charge is 0.246 e. The van der Waals surface area contributed by atoms with Crippen LogP contribution in [0.3, 0.4) is 0 Å². The van der Waals surface area contributed by atoms with Crippen molar-refractivity contribution in [3.8, 4) is 0 Å². The number of anilines is 1. The number of nitrogens with one attached hydrogen (secondary N) is 1. The number of hydrogen-bond donors (Lipinski definition) is 1. The molecule has 3 aromatic rings. The largest absolute Gasteiger partial charge is 0.441 e. The summed E-state index contributed by atoms with van der Waals surface area (Å²) in [6.45, 7) is 6.42. The van der Waals surface area contributed by atoms with Crippen LogP contribution in [0.1, 0.15) is 37.3 Å². The van der Waals surface area contributed by atoms with Gasteiger partial charge in [0.2, 0.25) is 11.8 Å². The molecular weight excluding hydrogens is 338 g/mol. The van der Waals surface area contributed by atoms with Gasteiger partial charge in [-0.25, -0.2) is 15.0 Å². The molecule has 0 aliphatic rings. The van der Waals surface area contributed by atoms with E-state index in [1.807, 2.05) is 6.08 Å². The molecule has 0 unspecified atom stereocenters. The first-order chi connectivity index (χ1) is 11.9. The van der Waals surface area contributed by atoms with Crippen LogP contribution < -0.4 is 5.32 Å². The highest BCUT2D eigenvalue weighted by Gasteiger charge is 2.18. The molecule has 0 fully saturated rings. The molecule has 3 aromatic heterocycles. The summed E-state index contributed by atoms with van der Waals surface area (Å²) < 4.78 is 7.40. The molecule has 0 aliphatic carbocycles. The first-order valence-corrected chi connectivity index (χ1v) is 8.57. The van der Waals surface area contributed by atoms with Crippen molar-refractivity contribution in [2.24, 2.45) is 0 Å². The SMILES string of the molecule is CC(C)(C)c1cnc(/C=C\c2cnc(NC(=O)Cn3ccnc3)s2)o1. The van der Waals surface area contributed by atoms with Crippen molar-refractivity contribution in [2.45, 2.75) is 32.7 Å². The highest BCUT2D eigenvalue weighted by Crippen LogP contribution is 2.24. The van der Waals surface area contributed by atoms with E-state index in [9.17, 15) is 4.79 Å². The molecule has 7 nitrogen and oxygen atoms in total. The van der Waals surface area contributed by atoms with Gasteiger partial charge in [-0.15, -0.1) is 0 Å². The van der Waals surface area contributed by atoms with E-state index in [2.05, 4.69) is 41.0 Å². The Kier molecular flexibility index (Phi) is 4.80. The van der Waals surface area contributed by atoms with Crippen LogP contribution in [0.15, 0.2) is 35.5 Å². The van der Waals surface area contributed by atoms with Gasteiger partial charge in [-0.1, -0.05) is 32.1 Å². The van der Waals surface area contributed by atoms with Crippen LogP contribution in [-0.2, 0) is 16.8 Å². The number of nitrogens with zero attached hydrogens (tertiary/aromatic N) is 4. The number of thiazole rings is 1. The van der Waals surface area contributed by atoms with Crippen LogP contribution in [0.5, 0.6) is 0 Å². The molecule has 0 bridgehead atoms. The second-order valence-electron chi connectivity index (χ2n) is 6.50. The van der Waals surface area contributed by atoms with E-state index in [4.69, 9.17) is 4.42 Å². The molecule has 130 valence electrons. The molecule has 3 heterocycles. The summed E-state index contributed by atoms with van der Waals surface area (Å²) in [5.74, 6) is 1.23. The van der Waals surface area contributed by atoms with E-state index in [1.165, 1.54) is 11.3 Å². The number of oxazole rings is 1. The lowest BCUT2D eigenvalue weighted by Gasteiger charge is -2.12. The highest BCUT2D eigenvalue weighted by atomic mass is 32.1. The van der Waals surface area contributed by atoms with Gasteiger partial charge in [0.25, 0.3) is 0 Å². The lowest BCUT2D eigenvalue weighted by molar-refractivity contribution is -0.116. The maximum absolute atomic E-state index is 11.9. The summed E-state index contributed by atoms with van der Waals surface area (Å²) in [5, 5.41) is 3.32. The standard InChI is InChI=1S/C17H19N5O2S/c1-17(2,3)13-9-19-15(24-13)5-4-12-8-20-16(25-12)21-14(23)10-22-7-6-18-11-22/h4-9,11H,10H2,1-3H3,(H,20,21,23)/b5-4-. The lowest BCUT2D eigenvalue weighted by Crippen LogP contribution is -2.17. The van der Waals surface area contributed by atoms with Crippen molar-refractivity contribution in [1.82, 2.24) is 19.5 Å². The highest BCUT2D eigenvalue weighted by molar-refractivity contribution is 7.16. The fraction of sp³-hybridized carbons (Fsp3) is 0.294. The molecule has 0 atom stereocenters. The first kappa shape index (κ1) is 17.1. The fourth-order valence-electron chi connectivity index (χ4n) is 1.99. The van der Waals surface area contributed by atoms with Crippen molar-refractivity contribution < 1.29 is 9.21 Å². The Labute approximate surface area is 149 Å². The number of imidazole rings is 1. The summed E-state index contributed by atoms with van der Waals surface area (Å²) in [4.78, 5) is 25.2. The molecule has 0 saturated heterocycles. The number of amides is 1. The fourth-order valence-corrected chi connectivity index (χ4v) is 2.73. The Balaban J connectivity index is 1.59. The van der Waals surface area contributed by atoms with Crippen LogP contribution in [0, 0.1) is 0 Å². The summed E-state index contributed by atoms with van der Waals surface area (Å²) in [5.41, 5.74) is -0.0731. The minimum absolute atomic E-state index is 0.0731. The lowest BCUT2D eigenvalue weighted by atomic mass is 9.94. The monoisotopic (exact) mass is 357 g/mol. The van der Waals surface area contributed by atoms with Crippen molar-refractivity contribution in [3.05, 3.63) is 47.6 Å². The molecule has 0 aliphatic heterocycles. The number of carbonyl (C=O) groups is 1. The van der Waals surface area contributed by atoms with Gasteiger partial charge in [0.1, 0.15) is 12.3 Å². The van der Waals surface area contributed by atoms with Crippen molar-refractivity contribution in [1.29, 1.82) is 0 Å². The first-order valence-electron chi connectivity index (χ1n) is 7.76. The van der Waals surface area contributed by atoms with Crippen molar-refractivity contribution >= 4 is 34.5 Å². The van der Waals surface area contributed by atoms with Gasteiger partial charge in [-0.05, 0) is 6.08 Å². The Bertz CT molecular complexity index is 871. The Morgan fingerprint density at radius 1 is 1.32 bits per heavy atom. The minimum atomic E-state index is -0.148. The van der Waals surface area contributed by atoms with Gasteiger partial charge in [0.15, 0.2) is 5.13 Å². The zero-order valence-electron chi connectivity index (χ0n) is 14.3. The normalized spacial score (nSPS) is 12.0. The van der Waals surface area contributed by atoms with E-state index >= 15 is 0 Å². The molecule has 0 aromatic carbocycles. The topological polar surface area (TPSA) is 85.8 Å². The number of carbonyl (C=O) groups excluding carboxylic acids is 1. The number of aromatic nitrogens is 4. The Morgan fingerprint density at radius 3 is 2.84 bits per heavy atom. The molecular formula is C17H19N5O2S. The van der Waals surface area contributed by atoms with Crippen LogP contribution in [0.4, 0.5) is 5.13 Å². The summed E-state index contributed by atoms with van der Waals surface area (Å²) in [6.07, 6.45) is 12.1. The van der Waals surface area contributed by atoms with Gasteiger partial charge >= 0.3 is 0 Å². The summed E-state index contributed by atoms with van der Waals surface area (Å²) >= 11 is 1.38. The third kappa shape index (κ3) is 4.63. The van der Waals surface area contributed by atoms with Gasteiger partial charge < -0.3 is 14.3 Å². The third-order valence-corrected chi connectivity index (χ3v) is 4.19. The molecule has 0 spiro atoms. The average Bonchev–Trinajstić information content (AvgIpc) is 3.25. The number of rotatable bonds is 5. The van der Waals surface area contributed by atoms with E-state index < -0.39 is 0 Å². The van der Waals surface area contributed by atoms with Gasteiger partial charge in [-0.2, -0.15) is 0 Å². The molecule has 1 N–H and O–H groups in total. The predicted molar refractivity (Wildman–Crippen MR) is 97.1 cm³/mol. The van der Waals surface area contributed by atoms with Crippen molar-refractivity contribution in [2.75, 3.05) is 5.32 Å². The molecule has 8 heteroatoms. The van der Waals surface area contributed by atoms with E-state index in [0.717, 1.165) is 10.6 Å². The Morgan fingerprint density at radius 2 is 2.16 bits per heavy atom. The second-order valence-corrected chi connectivity index (χ2v) is 7.56. The van der Waals surface area contributed by atoms with E-state index in [0.29, 0.717) is 11.0 Å². The molecule has 0 radical (unpaired) electrons. The van der Waals surface area contributed by atoms with Crippen LogP contribution in [0.2, 0.25) is 0 Å². The zero-order valence-corrected chi connectivity index (χ0v) is 15.1. The van der Waals surface area contributed by atoms with Crippen LogP contribution in [-0.4, -0.2) is 25.4 Å². The van der Waals surface area contributed by atoms with E-state index in [-0.39, 0.29) is 17.9 Å².